The van der Waals surface area contributed by atoms with Crippen LogP contribution in [-0.2, 0) is 15.8 Å². The molecule has 0 aliphatic carbocycles. The van der Waals surface area contributed by atoms with Crippen LogP contribution in [0.5, 0.6) is 0 Å². The van der Waals surface area contributed by atoms with Gasteiger partial charge in [-0.25, -0.2) is 8.42 Å². The molecular formula is C22H17ClN4O3S3. The molecule has 33 heavy (non-hydrogen) atoms. The summed E-state index contributed by atoms with van der Waals surface area (Å²) in [5.41, 5.74) is 1.60. The van der Waals surface area contributed by atoms with Gasteiger partial charge in [-0.1, -0.05) is 83.2 Å². The fourth-order valence-electron chi connectivity index (χ4n) is 2.78. The molecule has 4 aromatic rings. The van der Waals surface area contributed by atoms with Gasteiger partial charge in [0, 0.05) is 5.75 Å². The van der Waals surface area contributed by atoms with Crippen molar-refractivity contribution in [3.8, 4) is 0 Å². The lowest BCUT2D eigenvalue weighted by Gasteiger charge is -2.10. The molecule has 2 N–H and O–H groups in total. The molecule has 0 unspecified atom stereocenters. The zero-order valence-electron chi connectivity index (χ0n) is 16.9. The van der Waals surface area contributed by atoms with Crippen LogP contribution in [-0.4, -0.2) is 24.5 Å². The summed E-state index contributed by atoms with van der Waals surface area (Å²) in [6.07, 6.45) is 0. The topological polar surface area (TPSA) is 101 Å². The summed E-state index contributed by atoms with van der Waals surface area (Å²) in [4.78, 5) is 12.8. The van der Waals surface area contributed by atoms with Gasteiger partial charge in [-0.3, -0.25) is 14.8 Å². The lowest BCUT2D eigenvalue weighted by Crippen LogP contribution is -2.14. The molecule has 0 aliphatic heterocycles. The van der Waals surface area contributed by atoms with E-state index in [9.17, 15) is 13.2 Å². The number of aromatic nitrogens is 2. The van der Waals surface area contributed by atoms with Crippen molar-refractivity contribution in [1.82, 2.24) is 10.2 Å². The number of amides is 1. The van der Waals surface area contributed by atoms with E-state index in [4.69, 9.17) is 11.6 Å². The summed E-state index contributed by atoms with van der Waals surface area (Å²) in [6, 6.07) is 22.3. The first-order valence-electron chi connectivity index (χ1n) is 9.60. The Morgan fingerprint density at radius 3 is 2.36 bits per heavy atom. The Bertz CT molecular complexity index is 1360. The third-order valence-electron chi connectivity index (χ3n) is 4.35. The molecule has 1 heterocycles. The van der Waals surface area contributed by atoms with E-state index in [1.807, 2.05) is 30.3 Å². The van der Waals surface area contributed by atoms with Gasteiger partial charge in [-0.2, -0.15) is 0 Å². The predicted octanol–water partition coefficient (Wildman–Crippen LogP) is 5.54. The highest BCUT2D eigenvalue weighted by atomic mass is 35.5. The van der Waals surface area contributed by atoms with Crippen LogP contribution in [0, 0.1) is 0 Å². The molecule has 0 radical (unpaired) electrons. The Hall–Kier alpha value is -2.92. The second kappa shape index (κ2) is 10.3. The standard InChI is InChI=1S/C22H17ClN4O3S3/c23-19-13-16(27-33(29,30)17-9-5-2-6-10-17)11-12-18(19)20(28)24-21-25-26-22(32-21)31-14-15-7-3-1-4-8-15/h1-13,27H,14H2,(H,24,25,28). The second-order valence-electron chi connectivity index (χ2n) is 6.71. The van der Waals surface area contributed by atoms with Crippen LogP contribution < -0.4 is 10.0 Å². The van der Waals surface area contributed by atoms with Crippen molar-refractivity contribution < 1.29 is 13.2 Å². The largest absolute Gasteiger partial charge is 0.296 e. The molecule has 0 saturated heterocycles. The molecule has 0 spiro atoms. The summed E-state index contributed by atoms with van der Waals surface area (Å²) in [6.45, 7) is 0. The Kier molecular flexibility index (Phi) is 7.29. The number of nitrogens with zero attached hydrogens (tertiary/aromatic N) is 2. The Balaban J connectivity index is 1.39. The summed E-state index contributed by atoms with van der Waals surface area (Å²) >= 11 is 9.05. The molecule has 11 heteroatoms. The van der Waals surface area contributed by atoms with Gasteiger partial charge in [0.25, 0.3) is 15.9 Å². The number of benzene rings is 3. The van der Waals surface area contributed by atoms with E-state index >= 15 is 0 Å². The number of hydrogen-bond acceptors (Lipinski definition) is 7. The molecule has 0 saturated carbocycles. The third kappa shape index (κ3) is 6.11. The first-order valence-corrected chi connectivity index (χ1v) is 13.3. The molecule has 168 valence electrons. The quantitative estimate of drug-likeness (QED) is 0.235. The molecule has 7 nitrogen and oxygen atoms in total. The van der Waals surface area contributed by atoms with Gasteiger partial charge in [-0.05, 0) is 35.9 Å². The van der Waals surface area contributed by atoms with Crippen LogP contribution in [0.1, 0.15) is 15.9 Å². The number of nitrogens with one attached hydrogen (secondary N) is 2. The number of thioether (sulfide) groups is 1. The highest BCUT2D eigenvalue weighted by Crippen LogP contribution is 2.29. The van der Waals surface area contributed by atoms with Gasteiger partial charge in [0.1, 0.15) is 0 Å². The number of carbonyl (C=O) groups excluding carboxylic acids is 1. The van der Waals surface area contributed by atoms with E-state index in [1.165, 1.54) is 53.4 Å². The average Bonchev–Trinajstić information content (AvgIpc) is 3.26. The minimum absolute atomic E-state index is 0.101. The maximum absolute atomic E-state index is 12.6. The van der Waals surface area contributed by atoms with Gasteiger partial charge in [-0.15, -0.1) is 10.2 Å². The van der Waals surface area contributed by atoms with Crippen LogP contribution >= 0.6 is 34.7 Å². The molecule has 0 fully saturated rings. The smallest absolute Gasteiger partial charge is 0.261 e. The fraction of sp³-hybridized carbons (Fsp3) is 0.0455. The highest BCUT2D eigenvalue weighted by molar-refractivity contribution is 8.00. The molecule has 1 aromatic heterocycles. The maximum atomic E-state index is 12.6. The van der Waals surface area contributed by atoms with Gasteiger partial charge in [0.05, 0.1) is 21.2 Å². The highest BCUT2D eigenvalue weighted by Gasteiger charge is 2.17. The van der Waals surface area contributed by atoms with Crippen LogP contribution in [0.15, 0.2) is 88.1 Å². The van der Waals surface area contributed by atoms with Crippen LogP contribution in [0.2, 0.25) is 5.02 Å². The van der Waals surface area contributed by atoms with Crippen molar-refractivity contribution in [2.75, 3.05) is 10.0 Å². The maximum Gasteiger partial charge on any atom is 0.261 e. The molecular weight excluding hydrogens is 500 g/mol. The van der Waals surface area contributed by atoms with E-state index in [1.54, 1.807) is 18.2 Å². The lowest BCUT2D eigenvalue weighted by atomic mass is 10.2. The van der Waals surface area contributed by atoms with Gasteiger partial charge >= 0.3 is 0 Å². The normalized spacial score (nSPS) is 11.2. The van der Waals surface area contributed by atoms with Crippen molar-refractivity contribution in [3.63, 3.8) is 0 Å². The molecule has 3 aromatic carbocycles. The van der Waals surface area contributed by atoms with Crippen molar-refractivity contribution in [3.05, 3.63) is 95.0 Å². The fourth-order valence-corrected chi connectivity index (χ4v) is 5.82. The number of halogens is 1. The molecule has 0 aliphatic rings. The van der Waals surface area contributed by atoms with E-state index < -0.39 is 15.9 Å². The van der Waals surface area contributed by atoms with E-state index in [0.29, 0.717) is 5.13 Å². The minimum Gasteiger partial charge on any atom is -0.296 e. The summed E-state index contributed by atoms with van der Waals surface area (Å²) in [7, 11) is -3.76. The van der Waals surface area contributed by atoms with E-state index in [2.05, 4.69) is 20.2 Å². The zero-order valence-corrected chi connectivity index (χ0v) is 20.1. The Labute approximate surface area is 204 Å². The second-order valence-corrected chi connectivity index (χ2v) is 11.0. The van der Waals surface area contributed by atoms with Crippen molar-refractivity contribution in [2.24, 2.45) is 0 Å². The van der Waals surface area contributed by atoms with Crippen molar-refractivity contribution in [2.45, 2.75) is 15.0 Å². The Morgan fingerprint density at radius 2 is 1.67 bits per heavy atom. The van der Waals surface area contributed by atoms with Crippen LogP contribution in [0.4, 0.5) is 10.8 Å². The number of sulfonamides is 1. The van der Waals surface area contributed by atoms with Crippen LogP contribution in [0.3, 0.4) is 0 Å². The first-order chi connectivity index (χ1) is 15.9. The molecule has 1 amide bonds. The monoisotopic (exact) mass is 516 g/mol. The van der Waals surface area contributed by atoms with Gasteiger partial charge < -0.3 is 0 Å². The van der Waals surface area contributed by atoms with Gasteiger partial charge in [0.15, 0.2) is 4.34 Å². The summed E-state index contributed by atoms with van der Waals surface area (Å²) < 4.78 is 28.1. The average molecular weight is 517 g/mol. The SMILES string of the molecule is O=C(Nc1nnc(SCc2ccccc2)s1)c1ccc(NS(=O)(=O)c2ccccc2)cc1Cl. The zero-order chi connectivity index (χ0) is 23.3. The van der Waals surface area contributed by atoms with E-state index in [0.717, 1.165) is 15.7 Å². The minimum atomic E-state index is -3.76. The molecule has 4 rings (SSSR count). The summed E-state index contributed by atoms with van der Waals surface area (Å²) in [5, 5.41) is 11.2. The van der Waals surface area contributed by atoms with Crippen LogP contribution in [0.25, 0.3) is 0 Å². The van der Waals surface area contributed by atoms with Gasteiger partial charge in [0.2, 0.25) is 5.13 Å². The molecule has 0 atom stereocenters. The number of carbonyl (C=O) groups is 1. The van der Waals surface area contributed by atoms with Crippen molar-refractivity contribution in [1.29, 1.82) is 0 Å². The number of hydrogen-bond donors (Lipinski definition) is 2. The molecule has 0 bridgehead atoms. The number of anilines is 2. The predicted molar refractivity (Wildman–Crippen MR) is 133 cm³/mol. The Morgan fingerprint density at radius 1 is 0.970 bits per heavy atom. The summed E-state index contributed by atoms with van der Waals surface area (Å²) in [5.74, 6) is 0.281. The number of rotatable bonds is 8. The lowest BCUT2D eigenvalue weighted by molar-refractivity contribution is 0.102. The third-order valence-corrected chi connectivity index (χ3v) is 8.10. The first kappa shape index (κ1) is 23.2. The van der Waals surface area contributed by atoms with E-state index in [-0.39, 0.29) is 21.2 Å². The van der Waals surface area contributed by atoms with Crippen molar-refractivity contribution >= 4 is 61.4 Å².